The molecular weight excluding hydrogens is 553 g/mol. The van der Waals surface area contributed by atoms with Gasteiger partial charge in [-0.15, -0.1) is 0 Å². The molecule has 0 saturated heterocycles. The van der Waals surface area contributed by atoms with Crippen LogP contribution >= 0.6 is 0 Å². The first-order chi connectivity index (χ1) is 22.7. The molecule has 0 bridgehead atoms. The topological polar surface area (TPSA) is 0 Å². The van der Waals surface area contributed by atoms with Crippen molar-refractivity contribution >= 4 is 43.1 Å². The zero-order valence-electron chi connectivity index (χ0n) is 25.6. The Morgan fingerprint density at radius 2 is 0.870 bits per heavy atom. The van der Waals surface area contributed by atoms with Crippen LogP contribution in [0.25, 0.3) is 76.5 Å². The van der Waals surface area contributed by atoms with E-state index in [1.165, 1.54) is 93.2 Å². The highest BCUT2D eigenvalue weighted by atomic mass is 14.4. The number of rotatable bonds is 3. The van der Waals surface area contributed by atoms with E-state index in [2.05, 4.69) is 171 Å². The Hall–Kier alpha value is -5.72. The van der Waals surface area contributed by atoms with Gasteiger partial charge in [0.05, 0.1) is 0 Å². The Bertz CT molecular complexity index is 2630. The van der Waals surface area contributed by atoms with E-state index < -0.39 is 0 Å². The Balaban J connectivity index is 1.23. The molecule has 0 spiro atoms. The van der Waals surface area contributed by atoms with Crippen LogP contribution in [-0.2, 0) is 5.41 Å². The smallest absolute Gasteiger partial charge is 0.0435 e. The highest BCUT2D eigenvalue weighted by molar-refractivity contribution is 6.27. The van der Waals surface area contributed by atoms with Gasteiger partial charge in [0.15, 0.2) is 0 Å². The predicted molar refractivity (Wildman–Crippen MR) is 196 cm³/mol. The van der Waals surface area contributed by atoms with Crippen LogP contribution in [0.3, 0.4) is 0 Å². The molecule has 0 radical (unpaired) electrons. The third-order valence-corrected chi connectivity index (χ3v) is 10.7. The lowest BCUT2D eigenvalue weighted by atomic mass is 9.73. The predicted octanol–water partition coefficient (Wildman–Crippen LogP) is 12.4. The fourth-order valence-corrected chi connectivity index (χ4v) is 8.39. The standard InChI is InChI=1S/C46H30/c1-46(35-14-6-3-7-15-35)42-28-34(20-23-38(42)41-26-32-12-8-9-13-33(32)27-43(41)46)37-22-17-31-18-24-39-36(29-10-4-2-5-11-29)21-16-30-19-25-40(37)45(31)44(30)39/h2-28H,1H3. The normalized spacial score (nSPS) is 15.6. The van der Waals surface area contributed by atoms with E-state index in [4.69, 9.17) is 0 Å². The van der Waals surface area contributed by atoms with Crippen molar-refractivity contribution in [2.45, 2.75) is 12.3 Å². The maximum absolute atomic E-state index is 2.48. The minimum Gasteiger partial charge on any atom is -0.0622 e. The monoisotopic (exact) mass is 582 g/mol. The summed E-state index contributed by atoms with van der Waals surface area (Å²) in [6.07, 6.45) is 0. The molecule has 1 atom stereocenters. The number of fused-ring (bicyclic) bond motifs is 4. The van der Waals surface area contributed by atoms with E-state index in [-0.39, 0.29) is 5.41 Å². The van der Waals surface area contributed by atoms with Crippen LogP contribution in [0.4, 0.5) is 0 Å². The van der Waals surface area contributed by atoms with E-state index in [0.29, 0.717) is 0 Å². The minimum absolute atomic E-state index is 0.264. The molecule has 214 valence electrons. The quantitative estimate of drug-likeness (QED) is 0.182. The van der Waals surface area contributed by atoms with E-state index in [1.54, 1.807) is 0 Å². The molecule has 9 aromatic carbocycles. The van der Waals surface area contributed by atoms with E-state index in [9.17, 15) is 0 Å². The van der Waals surface area contributed by atoms with Gasteiger partial charge in [0.25, 0.3) is 0 Å². The second-order valence-electron chi connectivity index (χ2n) is 13.0. The molecule has 1 aliphatic carbocycles. The summed E-state index contributed by atoms with van der Waals surface area (Å²) in [5.41, 5.74) is 11.6. The summed E-state index contributed by atoms with van der Waals surface area (Å²) in [4.78, 5) is 0. The highest BCUT2D eigenvalue weighted by Crippen LogP contribution is 2.54. The fourth-order valence-electron chi connectivity index (χ4n) is 8.39. The Morgan fingerprint density at radius 1 is 0.348 bits per heavy atom. The minimum atomic E-state index is -0.264. The molecule has 0 heterocycles. The highest BCUT2D eigenvalue weighted by Gasteiger charge is 2.41. The maximum atomic E-state index is 2.48. The van der Waals surface area contributed by atoms with Crippen molar-refractivity contribution in [3.63, 3.8) is 0 Å². The molecule has 10 rings (SSSR count). The van der Waals surface area contributed by atoms with Crippen molar-refractivity contribution in [3.05, 3.63) is 180 Å². The summed E-state index contributed by atoms with van der Waals surface area (Å²) in [6.45, 7) is 2.42. The molecule has 0 saturated carbocycles. The molecule has 0 fully saturated rings. The third-order valence-electron chi connectivity index (χ3n) is 10.7. The first kappa shape index (κ1) is 25.6. The second kappa shape index (κ2) is 9.39. The number of benzene rings is 9. The average molecular weight is 583 g/mol. The maximum Gasteiger partial charge on any atom is 0.0435 e. The summed E-state index contributed by atoms with van der Waals surface area (Å²) >= 11 is 0. The van der Waals surface area contributed by atoms with Crippen molar-refractivity contribution < 1.29 is 0 Å². The lowest BCUT2D eigenvalue weighted by Crippen LogP contribution is -2.22. The molecule has 0 N–H and O–H groups in total. The van der Waals surface area contributed by atoms with Crippen LogP contribution in [0.5, 0.6) is 0 Å². The van der Waals surface area contributed by atoms with Gasteiger partial charge in [-0.25, -0.2) is 0 Å². The molecule has 0 amide bonds. The largest absolute Gasteiger partial charge is 0.0622 e. The first-order valence-corrected chi connectivity index (χ1v) is 16.2. The first-order valence-electron chi connectivity index (χ1n) is 16.2. The third kappa shape index (κ3) is 3.44. The molecule has 1 aliphatic rings. The van der Waals surface area contributed by atoms with Gasteiger partial charge in [-0.2, -0.15) is 0 Å². The molecule has 0 aromatic heterocycles. The van der Waals surface area contributed by atoms with Crippen LogP contribution in [0.1, 0.15) is 23.6 Å². The lowest BCUT2D eigenvalue weighted by molar-refractivity contribution is 0.715. The van der Waals surface area contributed by atoms with Gasteiger partial charge in [-0.1, -0.05) is 146 Å². The molecule has 46 heavy (non-hydrogen) atoms. The molecule has 0 nitrogen and oxygen atoms in total. The molecule has 0 heteroatoms. The summed E-state index contributed by atoms with van der Waals surface area (Å²) in [5, 5.41) is 10.5. The van der Waals surface area contributed by atoms with E-state index >= 15 is 0 Å². The van der Waals surface area contributed by atoms with Gasteiger partial charge in [-0.05, 0) is 118 Å². The van der Waals surface area contributed by atoms with Crippen LogP contribution in [0.15, 0.2) is 164 Å². The van der Waals surface area contributed by atoms with Gasteiger partial charge in [0.1, 0.15) is 0 Å². The van der Waals surface area contributed by atoms with Gasteiger partial charge in [0, 0.05) is 5.41 Å². The summed E-state index contributed by atoms with van der Waals surface area (Å²) in [7, 11) is 0. The van der Waals surface area contributed by atoms with Crippen LogP contribution in [0.2, 0.25) is 0 Å². The van der Waals surface area contributed by atoms with Crippen LogP contribution in [-0.4, -0.2) is 0 Å². The van der Waals surface area contributed by atoms with Crippen LogP contribution < -0.4 is 0 Å². The summed E-state index contributed by atoms with van der Waals surface area (Å²) < 4.78 is 0. The Morgan fingerprint density at radius 3 is 1.54 bits per heavy atom. The molecular formula is C46H30. The molecule has 0 aliphatic heterocycles. The summed E-state index contributed by atoms with van der Waals surface area (Å²) in [5.74, 6) is 0. The summed E-state index contributed by atoms with van der Waals surface area (Å²) in [6, 6.07) is 61.1. The van der Waals surface area contributed by atoms with Gasteiger partial charge in [0.2, 0.25) is 0 Å². The number of hydrogen-bond acceptors (Lipinski definition) is 0. The van der Waals surface area contributed by atoms with Crippen molar-refractivity contribution in [3.8, 4) is 33.4 Å². The van der Waals surface area contributed by atoms with E-state index in [1.807, 2.05) is 0 Å². The number of hydrogen-bond donors (Lipinski definition) is 0. The zero-order chi connectivity index (χ0) is 30.4. The SMILES string of the molecule is CC1(c2ccccc2)c2cc(-c3ccc4ccc5c(-c6ccccc6)ccc6ccc3c4c65)ccc2-c2cc3ccccc3cc21. The van der Waals surface area contributed by atoms with Gasteiger partial charge in [-0.3, -0.25) is 0 Å². The van der Waals surface area contributed by atoms with Crippen LogP contribution in [0, 0.1) is 0 Å². The van der Waals surface area contributed by atoms with Gasteiger partial charge < -0.3 is 0 Å². The second-order valence-corrected chi connectivity index (χ2v) is 13.0. The van der Waals surface area contributed by atoms with Gasteiger partial charge >= 0.3 is 0 Å². The van der Waals surface area contributed by atoms with Crippen molar-refractivity contribution in [1.82, 2.24) is 0 Å². The van der Waals surface area contributed by atoms with E-state index in [0.717, 1.165) is 0 Å². The fraction of sp³-hybridized carbons (Fsp3) is 0.0435. The van der Waals surface area contributed by atoms with Crippen molar-refractivity contribution in [2.24, 2.45) is 0 Å². The zero-order valence-corrected chi connectivity index (χ0v) is 25.6. The van der Waals surface area contributed by atoms with Crippen molar-refractivity contribution in [1.29, 1.82) is 0 Å². The average Bonchev–Trinajstić information content (AvgIpc) is 3.37. The Labute approximate surface area is 268 Å². The Kier molecular flexibility index (Phi) is 5.23. The molecule has 1 unspecified atom stereocenters. The lowest BCUT2D eigenvalue weighted by Gasteiger charge is -2.29. The molecule has 9 aromatic rings. The van der Waals surface area contributed by atoms with Crippen molar-refractivity contribution in [2.75, 3.05) is 0 Å².